The molecule has 1 aromatic carbocycles. The Bertz CT molecular complexity index is 933. The summed E-state index contributed by atoms with van der Waals surface area (Å²) in [6, 6.07) is 21.0. The van der Waals surface area contributed by atoms with E-state index in [0.29, 0.717) is 0 Å². The number of nitrogens with zero attached hydrogens (tertiary/aromatic N) is 1. The van der Waals surface area contributed by atoms with Crippen molar-refractivity contribution in [3.8, 4) is 9.75 Å². The molecule has 3 aromatic heterocycles. The molecule has 0 fully saturated rings. The second-order valence-electron chi connectivity index (χ2n) is 4.94. The Hall–Kier alpha value is -2.23. The van der Waals surface area contributed by atoms with E-state index in [0.717, 1.165) is 11.2 Å². The maximum atomic E-state index is 4.67. The van der Waals surface area contributed by atoms with Crippen molar-refractivity contribution in [2.75, 3.05) is 0 Å². The molecule has 3 heterocycles. The number of pyridine rings is 1. The molecule has 0 saturated carbocycles. The lowest BCUT2D eigenvalue weighted by Crippen LogP contribution is -1.81. The Balaban J connectivity index is 1.60. The quantitative estimate of drug-likeness (QED) is 0.438. The average Bonchev–Trinajstić information content (AvgIpc) is 3.24. The zero-order valence-corrected chi connectivity index (χ0v) is 13.4. The maximum Gasteiger partial charge on any atom is 0.0709 e. The number of thiophene rings is 2. The van der Waals surface area contributed by atoms with Crippen LogP contribution in [0, 0.1) is 0 Å². The zero-order chi connectivity index (χ0) is 14.8. The van der Waals surface area contributed by atoms with Crippen LogP contribution in [-0.4, -0.2) is 4.98 Å². The molecule has 4 aromatic rings. The lowest BCUT2D eigenvalue weighted by atomic mass is 10.2. The first kappa shape index (κ1) is 13.4. The number of para-hydroxylation sites is 1. The highest BCUT2D eigenvalue weighted by atomic mass is 32.1. The monoisotopic (exact) mass is 319 g/mol. The largest absolute Gasteiger partial charge is 0.248 e. The van der Waals surface area contributed by atoms with Crippen molar-refractivity contribution in [1.29, 1.82) is 0 Å². The Morgan fingerprint density at radius 1 is 0.773 bits per heavy atom. The third kappa shape index (κ3) is 2.73. The molecule has 106 valence electrons. The molecular weight excluding hydrogens is 306 g/mol. The van der Waals surface area contributed by atoms with Crippen LogP contribution in [0.25, 0.3) is 32.8 Å². The summed E-state index contributed by atoms with van der Waals surface area (Å²) in [5.41, 5.74) is 2.03. The van der Waals surface area contributed by atoms with E-state index in [-0.39, 0.29) is 0 Å². The van der Waals surface area contributed by atoms with Crippen molar-refractivity contribution < 1.29 is 0 Å². The zero-order valence-electron chi connectivity index (χ0n) is 11.8. The van der Waals surface area contributed by atoms with E-state index < -0.39 is 0 Å². The fraction of sp³-hybridized carbons (Fsp3) is 0. The molecule has 22 heavy (non-hydrogen) atoms. The van der Waals surface area contributed by atoms with Gasteiger partial charge in [0, 0.05) is 20.0 Å². The van der Waals surface area contributed by atoms with Gasteiger partial charge in [0.1, 0.15) is 0 Å². The first-order valence-electron chi connectivity index (χ1n) is 7.06. The minimum absolute atomic E-state index is 0.991. The summed E-state index contributed by atoms with van der Waals surface area (Å²) in [6.45, 7) is 0. The summed E-state index contributed by atoms with van der Waals surface area (Å²) < 4.78 is 0. The average molecular weight is 319 g/mol. The van der Waals surface area contributed by atoms with Crippen LogP contribution in [0.15, 0.2) is 66.0 Å². The molecule has 0 aliphatic carbocycles. The number of aromatic nitrogens is 1. The molecule has 0 aliphatic heterocycles. The molecule has 0 saturated heterocycles. The number of hydrogen-bond donors (Lipinski definition) is 0. The van der Waals surface area contributed by atoms with Gasteiger partial charge >= 0.3 is 0 Å². The molecular formula is C19H13NS2. The van der Waals surface area contributed by atoms with Crippen molar-refractivity contribution in [3.05, 3.63) is 76.6 Å². The topological polar surface area (TPSA) is 12.9 Å². The van der Waals surface area contributed by atoms with Crippen molar-refractivity contribution in [2.45, 2.75) is 0 Å². The molecule has 0 spiro atoms. The fourth-order valence-electron chi connectivity index (χ4n) is 2.34. The summed E-state index contributed by atoms with van der Waals surface area (Å²) in [5, 5.41) is 3.29. The van der Waals surface area contributed by atoms with Gasteiger partial charge in [-0.25, -0.2) is 4.98 Å². The predicted molar refractivity (Wildman–Crippen MR) is 98.3 cm³/mol. The second kappa shape index (κ2) is 5.87. The summed E-state index contributed by atoms with van der Waals surface area (Å²) >= 11 is 3.59. The fourth-order valence-corrected chi connectivity index (χ4v) is 4.08. The number of hydrogen-bond acceptors (Lipinski definition) is 3. The Kier molecular flexibility index (Phi) is 3.59. The van der Waals surface area contributed by atoms with E-state index >= 15 is 0 Å². The normalized spacial score (nSPS) is 11.5. The molecule has 0 amide bonds. The van der Waals surface area contributed by atoms with Crippen LogP contribution in [0.2, 0.25) is 0 Å². The molecule has 0 unspecified atom stereocenters. The van der Waals surface area contributed by atoms with E-state index in [1.807, 2.05) is 29.5 Å². The highest BCUT2D eigenvalue weighted by molar-refractivity contribution is 7.21. The van der Waals surface area contributed by atoms with Gasteiger partial charge in [0.25, 0.3) is 0 Å². The van der Waals surface area contributed by atoms with E-state index in [4.69, 9.17) is 0 Å². The number of benzene rings is 1. The summed E-state index contributed by atoms with van der Waals surface area (Å²) in [7, 11) is 0. The van der Waals surface area contributed by atoms with Crippen LogP contribution in [0.5, 0.6) is 0 Å². The minimum Gasteiger partial charge on any atom is -0.248 e. The van der Waals surface area contributed by atoms with Crippen LogP contribution in [-0.2, 0) is 0 Å². The van der Waals surface area contributed by atoms with Gasteiger partial charge in [-0.15, -0.1) is 22.7 Å². The van der Waals surface area contributed by atoms with Gasteiger partial charge in [0.05, 0.1) is 11.2 Å². The van der Waals surface area contributed by atoms with E-state index in [2.05, 4.69) is 65.0 Å². The standard InChI is InChI=1S/C19H13NS2/c1-2-5-17-14(4-1)7-8-15(20-17)9-10-16-11-12-19(22-16)18-6-3-13-21-18/h1-13H. The van der Waals surface area contributed by atoms with E-state index in [1.54, 1.807) is 11.3 Å². The van der Waals surface area contributed by atoms with Gasteiger partial charge in [-0.2, -0.15) is 0 Å². The minimum atomic E-state index is 0.991. The van der Waals surface area contributed by atoms with E-state index in [9.17, 15) is 0 Å². The first-order valence-corrected chi connectivity index (χ1v) is 8.76. The van der Waals surface area contributed by atoms with Gasteiger partial charge in [-0.05, 0) is 47.9 Å². The lowest BCUT2D eigenvalue weighted by Gasteiger charge is -1.97. The molecule has 0 bridgehead atoms. The van der Waals surface area contributed by atoms with Gasteiger partial charge in [-0.3, -0.25) is 0 Å². The number of rotatable bonds is 3. The molecule has 0 atom stereocenters. The van der Waals surface area contributed by atoms with Gasteiger partial charge < -0.3 is 0 Å². The molecule has 0 radical (unpaired) electrons. The molecule has 0 N–H and O–H groups in total. The van der Waals surface area contributed by atoms with Crippen LogP contribution < -0.4 is 0 Å². The smallest absolute Gasteiger partial charge is 0.0709 e. The summed E-state index contributed by atoms with van der Waals surface area (Å²) in [6.07, 6.45) is 4.22. The second-order valence-corrected chi connectivity index (χ2v) is 7.00. The Morgan fingerprint density at radius 2 is 1.73 bits per heavy atom. The SMILES string of the molecule is C(=Cc1ccc(-c2cccs2)s1)c1ccc2ccccc2n1. The van der Waals surface area contributed by atoms with Crippen LogP contribution in [0.1, 0.15) is 10.6 Å². The molecule has 3 heteroatoms. The summed E-state index contributed by atoms with van der Waals surface area (Å²) in [5.74, 6) is 0. The Morgan fingerprint density at radius 3 is 2.64 bits per heavy atom. The maximum absolute atomic E-state index is 4.67. The number of fused-ring (bicyclic) bond motifs is 1. The van der Waals surface area contributed by atoms with Crippen LogP contribution >= 0.6 is 22.7 Å². The predicted octanol–water partition coefficient (Wildman–Crippen LogP) is 6.20. The van der Waals surface area contributed by atoms with E-state index in [1.165, 1.54) is 20.0 Å². The highest BCUT2D eigenvalue weighted by Crippen LogP contribution is 2.32. The van der Waals surface area contributed by atoms with Gasteiger partial charge in [0.15, 0.2) is 0 Å². The van der Waals surface area contributed by atoms with Crippen molar-refractivity contribution >= 4 is 45.7 Å². The highest BCUT2D eigenvalue weighted by Gasteiger charge is 2.02. The Labute approximate surface area is 137 Å². The third-order valence-corrected chi connectivity index (χ3v) is 5.55. The van der Waals surface area contributed by atoms with Crippen LogP contribution in [0.4, 0.5) is 0 Å². The molecule has 0 aliphatic rings. The van der Waals surface area contributed by atoms with Crippen molar-refractivity contribution in [3.63, 3.8) is 0 Å². The molecule has 4 rings (SSSR count). The van der Waals surface area contributed by atoms with Crippen LogP contribution in [0.3, 0.4) is 0 Å². The summed E-state index contributed by atoms with van der Waals surface area (Å²) in [4.78, 5) is 8.56. The third-order valence-electron chi connectivity index (χ3n) is 3.43. The molecule has 1 nitrogen and oxygen atoms in total. The van der Waals surface area contributed by atoms with Gasteiger partial charge in [0.2, 0.25) is 0 Å². The van der Waals surface area contributed by atoms with Gasteiger partial charge in [-0.1, -0.05) is 30.3 Å². The van der Waals surface area contributed by atoms with Crippen molar-refractivity contribution in [2.24, 2.45) is 0 Å². The van der Waals surface area contributed by atoms with Crippen molar-refractivity contribution in [1.82, 2.24) is 4.98 Å². The lowest BCUT2D eigenvalue weighted by molar-refractivity contribution is 1.37. The first-order chi connectivity index (χ1) is 10.9.